The van der Waals surface area contributed by atoms with E-state index in [-0.39, 0.29) is 36.9 Å². The molecular formula is C21H29ClN2O4. The summed E-state index contributed by atoms with van der Waals surface area (Å²) in [4.78, 5) is 12.1. The Morgan fingerprint density at radius 2 is 1.82 bits per heavy atom. The van der Waals surface area contributed by atoms with Crippen molar-refractivity contribution in [2.24, 2.45) is 5.73 Å². The highest BCUT2D eigenvalue weighted by Crippen LogP contribution is 2.31. The molecule has 0 bridgehead atoms. The lowest BCUT2D eigenvalue weighted by atomic mass is 10.1. The van der Waals surface area contributed by atoms with Crippen LogP contribution in [0.25, 0.3) is 0 Å². The molecule has 0 aliphatic carbocycles. The van der Waals surface area contributed by atoms with Crippen LogP contribution in [0, 0.1) is 0 Å². The molecular weight excluding hydrogens is 380 g/mol. The molecule has 28 heavy (non-hydrogen) atoms. The fourth-order valence-corrected chi connectivity index (χ4v) is 2.66. The van der Waals surface area contributed by atoms with E-state index in [1.807, 2.05) is 55.5 Å². The van der Waals surface area contributed by atoms with E-state index in [9.17, 15) is 4.79 Å². The number of benzene rings is 2. The first-order valence-electron chi connectivity index (χ1n) is 8.94. The molecule has 2 rings (SSSR count). The van der Waals surface area contributed by atoms with Gasteiger partial charge in [0.1, 0.15) is 6.61 Å². The van der Waals surface area contributed by atoms with E-state index < -0.39 is 0 Å². The standard InChI is InChI=1S/C21H28N2O4.ClH/c1-15(23-21(24)12-18(13-22)25-2)17-9-10-19(20(11-17)26-3)27-14-16-7-5-4-6-8-16;/h4-11,15,18H,12-14,22H2,1-3H3,(H,23,24);1H. The van der Waals surface area contributed by atoms with E-state index in [0.717, 1.165) is 11.1 Å². The van der Waals surface area contributed by atoms with Crippen molar-refractivity contribution < 1.29 is 19.0 Å². The Morgan fingerprint density at radius 1 is 1.11 bits per heavy atom. The Bertz CT molecular complexity index is 724. The first-order valence-corrected chi connectivity index (χ1v) is 8.94. The predicted octanol–water partition coefficient (Wildman–Crippen LogP) is 3.24. The van der Waals surface area contributed by atoms with Crippen LogP contribution in [0.4, 0.5) is 0 Å². The van der Waals surface area contributed by atoms with Gasteiger partial charge in [-0.3, -0.25) is 4.79 Å². The fraction of sp³-hybridized carbons (Fsp3) is 0.381. The number of hydrogen-bond donors (Lipinski definition) is 2. The average molecular weight is 409 g/mol. The van der Waals surface area contributed by atoms with Gasteiger partial charge in [0.15, 0.2) is 11.5 Å². The van der Waals surface area contributed by atoms with Gasteiger partial charge in [-0.15, -0.1) is 12.4 Å². The van der Waals surface area contributed by atoms with Crippen molar-refractivity contribution in [2.45, 2.75) is 32.1 Å². The van der Waals surface area contributed by atoms with Crippen molar-refractivity contribution in [3.8, 4) is 11.5 Å². The number of carbonyl (C=O) groups is 1. The third-order valence-corrected chi connectivity index (χ3v) is 4.31. The van der Waals surface area contributed by atoms with Crippen molar-refractivity contribution in [2.75, 3.05) is 20.8 Å². The van der Waals surface area contributed by atoms with Gasteiger partial charge >= 0.3 is 0 Å². The fourth-order valence-electron chi connectivity index (χ4n) is 2.66. The predicted molar refractivity (Wildman–Crippen MR) is 112 cm³/mol. The van der Waals surface area contributed by atoms with Gasteiger partial charge in [0, 0.05) is 13.7 Å². The van der Waals surface area contributed by atoms with Crippen molar-refractivity contribution >= 4 is 18.3 Å². The van der Waals surface area contributed by atoms with E-state index in [0.29, 0.717) is 24.7 Å². The second-order valence-corrected chi connectivity index (χ2v) is 6.27. The van der Waals surface area contributed by atoms with E-state index in [1.165, 1.54) is 0 Å². The molecule has 6 nitrogen and oxygen atoms in total. The van der Waals surface area contributed by atoms with Crippen molar-refractivity contribution in [3.05, 3.63) is 59.7 Å². The Labute approximate surface area is 172 Å². The van der Waals surface area contributed by atoms with Crippen LogP contribution in [0.15, 0.2) is 48.5 Å². The quantitative estimate of drug-likeness (QED) is 0.630. The minimum atomic E-state index is -0.277. The molecule has 0 saturated heterocycles. The molecule has 0 spiro atoms. The van der Waals surface area contributed by atoms with Crippen LogP contribution in [0.1, 0.15) is 30.5 Å². The lowest BCUT2D eigenvalue weighted by molar-refractivity contribution is -0.124. The number of halogens is 1. The van der Waals surface area contributed by atoms with Crippen molar-refractivity contribution in [3.63, 3.8) is 0 Å². The summed E-state index contributed by atoms with van der Waals surface area (Å²) in [6, 6.07) is 15.4. The molecule has 2 atom stereocenters. The van der Waals surface area contributed by atoms with Crippen LogP contribution >= 0.6 is 12.4 Å². The smallest absolute Gasteiger partial charge is 0.223 e. The topological polar surface area (TPSA) is 82.8 Å². The molecule has 2 unspecified atom stereocenters. The maximum atomic E-state index is 12.1. The maximum Gasteiger partial charge on any atom is 0.223 e. The van der Waals surface area contributed by atoms with Crippen molar-refractivity contribution in [1.29, 1.82) is 0 Å². The van der Waals surface area contributed by atoms with E-state index in [4.69, 9.17) is 19.9 Å². The van der Waals surface area contributed by atoms with E-state index in [2.05, 4.69) is 5.32 Å². The monoisotopic (exact) mass is 408 g/mol. The molecule has 3 N–H and O–H groups in total. The second kappa shape index (κ2) is 12.2. The van der Waals surface area contributed by atoms with Crippen LogP contribution in [0.3, 0.4) is 0 Å². The lowest BCUT2D eigenvalue weighted by Crippen LogP contribution is -2.33. The van der Waals surface area contributed by atoms with E-state index in [1.54, 1.807) is 14.2 Å². The Kier molecular flexibility index (Phi) is 10.4. The summed E-state index contributed by atoms with van der Waals surface area (Å²) >= 11 is 0. The number of nitrogens with two attached hydrogens (primary N) is 1. The van der Waals surface area contributed by atoms with Crippen LogP contribution in [-0.2, 0) is 16.1 Å². The highest BCUT2D eigenvalue weighted by atomic mass is 35.5. The Balaban J connectivity index is 0.00000392. The van der Waals surface area contributed by atoms with Gasteiger partial charge in [-0.1, -0.05) is 36.4 Å². The summed E-state index contributed by atoms with van der Waals surface area (Å²) in [6.45, 7) is 2.68. The molecule has 0 aliphatic heterocycles. The number of rotatable bonds is 10. The minimum absolute atomic E-state index is 0. The molecule has 2 aromatic rings. The van der Waals surface area contributed by atoms with Gasteiger partial charge in [-0.05, 0) is 30.2 Å². The number of ether oxygens (including phenoxy) is 3. The number of nitrogens with one attached hydrogen (secondary N) is 1. The first-order chi connectivity index (χ1) is 13.1. The normalized spacial score (nSPS) is 12.4. The van der Waals surface area contributed by atoms with Gasteiger partial charge < -0.3 is 25.3 Å². The highest BCUT2D eigenvalue weighted by molar-refractivity contribution is 5.85. The van der Waals surface area contributed by atoms with Crippen LogP contribution in [-0.4, -0.2) is 32.8 Å². The molecule has 154 valence electrons. The maximum absolute atomic E-state index is 12.1. The zero-order valence-corrected chi connectivity index (χ0v) is 17.3. The van der Waals surface area contributed by atoms with Gasteiger partial charge in [0.2, 0.25) is 5.91 Å². The molecule has 2 aromatic carbocycles. The van der Waals surface area contributed by atoms with Gasteiger partial charge in [-0.2, -0.15) is 0 Å². The second-order valence-electron chi connectivity index (χ2n) is 6.27. The summed E-state index contributed by atoms with van der Waals surface area (Å²) in [5.74, 6) is 1.18. The molecule has 1 amide bonds. The van der Waals surface area contributed by atoms with Gasteiger partial charge in [-0.25, -0.2) is 0 Å². The van der Waals surface area contributed by atoms with Gasteiger partial charge in [0.05, 0.1) is 25.7 Å². The molecule has 0 aromatic heterocycles. The first kappa shape index (κ1) is 23.8. The number of methoxy groups -OCH3 is 2. The molecule has 0 fully saturated rings. The molecule has 7 heteroatoms. The average Bonchev–Trinajstić information content (AvgIpc) is 2.70. The molecule has 0 aliphatic rings. The summed E-state index contributed by atoms with van der Waals surface area (Å²) < 4.78 is 16.5. The largest absolute Gasteiger partial charge is 0.493 e. The third kappa shape index (κ3) is 7.03. The molecule has 0 saturated carbocycles. The van der Waals surface area contributed by atoms with Crippen LogP contribution in [0.2, 0.25) is 0 Å². The SMILES string of the molecule is COc1cc(C(C)NC(=O)CC(CN)OC)ccc1OCc1ccccc1.Cl. The Hall–Kier alpha value is -2.28. The molecule has 0 heterocycles. The third-order valence-electron chi connectivity index (χ3n) is 4.31. The minimum Gasteiger partial charge on any atom is -0.493 e. The summed E-state index contributed by atoms with van der Waals surface area (Å²) in [5, 5.41) is 2.95. The lowest BCUT2D eigenvalue weighted by Gasteiger charge is -2.19. The number of amides is 1. The number of hydrogen-bond acceptors (Lipinski definition) is 5. The Morgan fingerprint density at radius 3 is 2.43 bits per heavy atom. The van der Waals surface area contributed by atoms with Crippen LogP contribution in [0.5, 0.6) is 11.5 Å². The van der Waals surface area contributed by atoms with Crippen molar-refractivity contribution in [1.82, 2.24) is 5.32 Å². The zero-order valence-electron chi connectivity index (χ0n) is 16.5. The summed E-state index contributed by atoms with van der Waals surface area (Å²) in [7, 11) is 3.15. The van der Waals surface area contributed by atoms with Gasteiger partial charge in [0.25, 0.3) is 0 Å². The van der Waals surface area contributed by atoms with E-state index >= 15 is 0 Å². The summed E-state index contributed by atoms with van der Waals surface area (Å²) in [6.07, 6.45) is -0.0484. The number of carbonyl (C=O) groups excluding carboxylic acids is 1. The molecule has 0 radical (unpaired) electrons. The highest BCUT2D eigenvalue weighted by Gasteiger charge is 2.16. The van der Waals surface area contributed by atoms with Crippen LogP contribution < -0.4 is 20.5 Å². The zero-order chi connectivity index (χ0) is 19.6. The summed E-state index contributed by atoms with van der Waals surface area (Å²) in [5.41, 5.74) is 7.57.